The molecule has 148 valence electrons. The predicted molar refractivity (Wildman–Crippen MR) is 112 cm³/mol. The van der Waals surface area contributed by atoms with Crippen LogP contribution >= 0.6 is 23.2 Å². The van der Waals surface area contributed by atoms with Crippen molar-refractivity contribution in [3.8, 4) is 0 Å². The molecule has 0 radical (unpaired) electrons. The van der Waals surface area contributed by atoms with Gasteiger partial charge in [0, 0.05) is 19.0 Å². The Hall–Kier alpha value is -1.76. The molecule has 28 heavy (non-hydrogen) atoms. The molecule has 8 heteroatoms. The standard InChI is InChI=1S/C20H20Cl2N2O3S/c21-17-6-3-5-14(19(17)22)15-12-16(15)20(25)23-9-11-28(26,27)24-10-8-13-4-1-2-7-18(13)24/h1-7,15-16H,8-12H2,(H,23,25). The Morgan fingerprint density at radius 1 is 1.14 bits per heavy atom. The van der Waals surface area contributed by atoms with Crippen LogP contribution in [0.4, 0.5) is 5.69 Å². The van der Waals surface area contributed by atoms with Gasteiger partial charge in [0.25, 0.3) is 0 Å². The molecule has 2 aliphatic rings. The van der Waals surface area contributed by atoms with E-state index in [9.17, 15) is 13.2 Å². The zero-order chi connectivity index (χ0) is 19.9. The van der Waals surface area contributed by atoms with Gasteiger partial charge in [-0.05, 0) is 42.0 Å². The van der Waals surface area contributed by atoms with E-state index < -0.39 is 10.0 Å². The molecule has 0 saturated heterocycles. The lowest BCUT2D eigenvalue weighted by Gasteiger charge is -2.19. The maximum atomic E-state index is 12.7. The molecule has 1 heterocycles. The minimum Gasteiger partial charge on any atom is -0.355 e. The number of amides is 1. The van der Waals surface area contributed by atoms with Gasteiger partial charge in [0.2, 0.25) is 15.9 Å². The number of fused-ring (bicyclic) bond motifs is 1. The summed E-state index contributed by atoms with van der Waals surface area (Å²) in [5, 5.41) is 3.72. The molecule has 0 aromatic heterocycles. The number of nitrogens with zero attached hydrogens (tertiary/aromatic N) is 1. The number of halogens is 2. The van der Waals surface area contributed by atoms with Gasteiger partial charge in [-0.15, -0.1) is 0 Å². The molecule has 1 fully saturated rings. The van der Waals surface area contributed by atoms with Crippen LogP contribution in [0.15, 0.2) is 42.5 Å². The van der Waals surface area contributed by atoms with Crippen molar-refractivity contribution in [1.29, 1.82) is 0 Å². The van der Waals surface area contributed by atoms with Crippen molar-refractivity contribution in [2.75, 3.05) is 23.1 Å². The highest BCUT2D eigenvalue weighted by molar-refractivity contribution is 7.92. The minimum absolute atomic E-state index is 0.0354. The van der Waals surface area contributed by atoms with Crippen LogP contribution < -0.4 is 9.62 Å². The molecule has 2 aromatic carbocycles. The van der Waals surface area contributed by atoms with Gasteiger partial charge in [0.15, 0.2) is 0 Å². The van der Waals surface area contributed by atoms with E-state index in [2.05, 4.69) is 5.32 Å². The molecule has 1 aliphatic carbocycles. The first-order chi connectivity index (χ1) is 13.4. The van der Waals surface area contributed by atoms with Crippen LogP contribution in [0.25, 0.3) is 0 Å². The summed E-state index contributed by atoms with van der Waals surface area (Å²) < 4.78 is 26.8. The second-order valence-corrected chi connectivity index (χ2v) is 9.95. The molecule has 0 bridgehead atoms. The van der Waals surface area contributed by atoms with Crippen LogP contribution in [0.1, 0.15) is 23.5 Å². The van der Waals surface area contributed by atoms with Crippen molar-refractivity contribution < 1.29 is 13.2 Å². The third-order valence-corrected chi connectivity index (χ3v) is 7.95. The average Bonchev–Trinajstić information content (AvgIpc) is 3.33. The summed E-state index contributed by atoms with van der Waals surface area (Å²) in [6, 6.07) is 12.9. The molecule has 0 spiro atoms. The van der Waals surface area contributed by atoms with Gasteiger partial charge in [-0.3, -0.25) is 9.10 Å². The summed E-state index contributed by atoms with van der Waals surface area (Å²) in [6.07, 6.45) is 1.41. The Kier molecular flexibility index (Phi) is 5.29. The van der Waals surface area contributed by atoms with Crippen molar-refractivity contribution in [2.24, 2.45) is 5.92 Å². The van der Waals surface area contributed by atoms with Crippen molar-refractivity contribution >= 4 is 44.8 Å². The zero-order valence-corrected chi connectivity index (χ0v) is 17.4. The van der Waals surface area contributed by atoms with Crippen LogP contribution in [0.2, 0.25) is 10.0 Å². The first kappa shape index (κ1) is 19.6. The third kappa shape index (κ3) is 3.73. The van der Waals surface area contributed by atoms with E-state index in [0.717, 1.165) is 16.8 Å². The predicted octanol–water partition coefficient (Wildman–Crippen LogP) is 3.61. The van der Waals surface area contributed by atoms with Gasteiger partial charge in [-0.1, -0.05) is 53.5 Å². The number of hydrogen-bond donors (Lipinski definition) is 1. The zero-order valence-electron chi connectivity index (χ0n) is 15.1. The molecule has 1 aliphatic heterocycles. The van der Waals surface area contributed by atoms with Crippen molar-refractivity contribution in [1.82, 2.24) is 5.32 Å². The molecule has 2 unspecified atom stereocenters. The van der Waals surface area contributed by atoms with E-state index in [1.165, 1.54) is 4.31 Å². The van der Waals surface area contributed by atoms with E-state index in [0.29, 0.717) is 29.4 Å². The van der Waals surface area contributed by atoms with Crippen LogP contribution in [0.3, 0.4) is 0 Å². The van der Waals surface area contributed by atoms with Crippen LogP contribution in [0, 0.1) is 5.92 Å². The fraction of sp³-hybridized carbons (Fsp3) is 0.350. The second kappa shape index (κ2) is 7.58. The minimum atomic E-state index is -3.47. The Balaban J connectivity index is 1.32. The molecule has 1 saturated carbocycles. The van der Waals surface area contributed by atoms with Gasteiger partial charge < -0.3 is 5.32 Å². The largest absolute Gasteiger partial charge is 0.355 e. The van der Waals surface area contributed by atoms with E-state index in [1.54, 1.807) is 6.07 Å². The lowest BCUT2D eigenvalue weighted by molar-refractivity contribution is -0.122. The summed E-state index contributed by atoms with van der Waals surface area (Å²) in [5.74, 6) is -0.417. The maximum Gasteiger partial charge on any atom is 0.236 e. The number of anilines is 1. The number of para-hydroxylation sites is 1. The smallest absolute Gasteiger partial charge is 0.236 e. The quantitative estimate of drug-likeness (QED) is 0.748. The van der Waals surface area contributed by atoms with Gasteiger partial charge in [0.1, 0.15) is 0 Å². The van der Waals surface area contributed by atoms with Gasteiger partial charge in [0.05, 0.1) is 21.5 Å². The Morgan fingerprint density at radius 2 is 1.93 bits per heavy atom. The summed E-state index contributed by atoms with van der Waals surface area (Å²) in [6.45, 7) is 0.542. The summed E-state index contributed by atoms with van der Waals surface area (Å²) in [7, 11) is -3.47. The monoisotopic (exact) mass is 438 g/mol. The highest BCUT2D eigenvalue weighted by Gasteiger charge is 2.45. The maximum absolute atomic E-state index is 12.7. The fourth-order valence-corrected chi connectivity index (χ4v) is 5.65. The number of sulfonamides is 1. The Labute approximate surface area is 174 Å². The molecular weight excluding hydrogens is 419 g/mol. The fourth-order valence-electron chi connectivity index (χ4n) is 3.78. The topological polar surface area (TPSA) is 66.5 Å². The van der Waals surface area contributed by atoms with Gasteiger partial charge in [-0.2, -0.15) is 0 Å². The highest BCUT2D eigenvalue weighted by atomic mass is 35.5. The van der Waals surface area contributed by atoms with E-state index in [4.69, 9.17) is 23.2 Å². The summed E-state index contributed by atoms with van der Waals surface area (Å²) >= 11 is 12.3. The first-order valence-electron chi connectivity index (χ1n) is 9.18. The van der Waals surface area contributed by atoms with E-state index in [-0.39, 0.29) is 30.0 Å². The molecule has 1 N–H and O–H groups in total. The lowest BCUT2D eigenvalue weighted by Crippen LogP contribution is -2.37. The van der Waals surface area contributed by atoms with Crippen molar-refractivity contribution in [2.45, 2.75) is 18.8 Å². The van der Waals surface area contributed by atoms with E-state index in [1.807, 2.05) is 36.4 Å². The van der Waals surface area contributed by atoms with Crippen LogP contribution in [-0.4, -0.2) is 33.2 Å². The number of hydrogen-bond acceptors (Lipinski definition) is 3. The number of carbonyl (C=O) groups is 1. The highest BCUT2D eigenvalue weighted by Crippen LogP contribution is 2.50. The molecule has 4 rings (SSSR count). The first-order valence-corrected chi connectivity index (χ1v) is 11.5. The summed E-state index contributed by atoms with van der Waals surface area (Å²) in [4.78, 5) is 12.4. The molecular formula is C20H20Cl2N2O3S. The molecule has 1 amide bonds. The molecule has 5 nitrogen and oxygen atoms in total. The Bertz CT molecular complexity index is 1030. The number of nitrogens with one attached hydrogen (secondary N) is 1. The Morgan fingerprint density at radius 3 is 2.75 bits per heavy atom. The second-order valence-electron chi connectivity index (χ2n) is 7.15. The number of benzene rings is 2. The van der Waals surface area contributed by atoms with Crippen LogP contribution in [-0.2, 0) is 21.2 Å². The molecule has 2 atom stereocenters. The lowest BCUT2D eigenvalue weighted by atomic mass is 10.1. The third-order valence-electron chi connectivity index (χ3n) is 5.35. The SMILES string of the molecule is O=C(NCCS(=O)(=O)N1CCc2ccccc21)C1CC1c1cccc(Cl)c1Cl. The summed E-state index contributed by atoms with van der Waals surface area (Å²) in [5.41, 5.74) is 2.65. The number of carbonyl (C=O) groups excluding carboxylic acids is 1. The number of rotatable bonds is 6. The molecule has 2 aromatic rings. The van der Waals surface area contributed by atoms with Gasteiger partial charge in [-0.25, -0.2) is 8.42 Å². The van der Waals surface area contributed by atoms with Crippen LogP contribution in [0.5, 0.6) is 0 Å². The van der Waals surface area contributed by atoms with Crippen molar-refractivity contribution in [3.05, 3.63) is 63.6 Å². The average molecular weight is 439 g/mol. The van der Waals surface area contributed by atoms with Gasteiger partial charge >= 0.3 is 0 Å². The van der Waals surface area contributed by atoms with E-state index >= 15 is 0 Å². The van der Waals surface area contributed by atoms with Crippen molar-refractivity contribution in [3.63, 3.8) is 0 Å². The normalized spacial score (nSPS) is 20.7.